The molecular formula is C17H12BrNO2. The van der Waals surface area contributed by atoms with Crippen LogP contribution in [0.4, 0.5) is 11.4 Å². The van der Waals surface area contributed by atoms with Crippen molar-refractivity contribution in [1.29, 1.82) is 0 Å². The molecule has 0 aliphatic carbocycles. The molecule has 0 heterocycles. The summed E-state index contributed by atoms with van der Waals surface area (Å²) in [4.78, 5) is 25.7. The molecule has 0 atom stereocenters. The summed E-state index contributed by atoms with van der Waals surface area (Å²) in [7, 11) is 1.80. The second kappa shape index (κ2) is 5.30. The van der Waals surface area contributed by atoms with Gasteiger partial charge in [0.2, 0.25) is 5.43 Å². The third-order valence-corrected chi connectivity index (χ3v) is 4.03. The number of hydrogen-bond donors (Lipinski definition) is 0. The summed E-state index contributed by atoms with van der Waals surface area (Å²) >= 11 is 3.38. The quantitative estimate of drug-likeness (QED) is 0.684. The second-order valence-corrected chi connectivity index (χ2v) is 5.70. The Bertz CT molecular complexity index is 847. The van der Waals surface area contributed by atoms with Crippen molar-refractivity contribution in [2.45, 2.75) is 0 Å². The summed E-state index contributed by atoms with van der Waals surface area (Å²) in [6.07, 6.45) is 0. The van der Waals surface area contributed by atoms with Crippen molar-refractivity contribution in [2.75, 3.05) is 11.9 Å². The molecular weight excluding hydrogens is 330 g/mol. The Labute approximate surface area is 130 Å². The van der Waals surface area contributed by atoms with Gasteiger partial charge in [-0.15, -0.1) is 0 Å². The maximum absolute atomic E-state index is 12.0. The van der Waals surface area contributed by atoms with Crippen molar-refractivity contribution in [2.24, 2.45) is 0 Å². The van der Waals surface area contributed by atoms with Gasteiger partial charge in [0.25, 0.3) is 5.43 Å². The normalized spacial score (nSPS) is 10.8. The summed E-state index contributed by atoms with van der Waals surface area (Å²) < 4.78 is 0.966. The summed E-state index contributed by atoms with van der Waals surface area (Å²) in [5.41, 5.74) is 1.74. The highest BCUT2D eigenvalue weighted by Crippen LogP contribution is 2.30. The third-order valence-electron chi connectivity index (χ3n) is 3.50. The summed E-state index contributed by atoms with van der Waals surface area (Å²) in [5.74, 6) is 0. The smallest absolute Gasteiger partial charge is 0.250 e. The fraction of sp³-hybridized carbons (Fsp3) is 0.0588. The summed E-state index contributed by atoms with van der Waals surface area (Å²) in [6, 6.07) is 16.9. The van der Waals surface area contributed by atoms with Gasteiger partial charge in [-0.3, -0.25) is 9.59 Å². The molecule has 0 amide bonds. The van der Waals surface area contributed by atoms with E-state index in [4.69, 9.17) is 0 Å². The third kappa shape index (κ3) is 2.32. The van der Waals surface area contributed by atoms with E-state index >= 15 is 0 Å². The Morgan fingerprint density at radius 1 is 0.857 bits per heavy atom. The molecule has 0 unspecified atom stereocenters. The molecule has 4 heteroatoms. The van der Waals surface area contributed by atoms with Gasteiger partial charge in [-0.1, -0.05) is 46.3 Å². The molecule has 0 fully saturated rings. The van der Waals surface area contributed by atoms with Crippen molar-refractivity contribution in [1.82, 2.24) is 0 Å². The average Bonchev–Trinajstić information content (AvgIpc) is 2.52. The van der Waals surface area contributed by atoms with E-state index in [0.717, 1.165) is 15.7 Å². The van der Waals surface area contributed by atoms with Crippen LogP contribution in [0.15, 0.2) is 68.7 Å². The number of nitrogens with zero attached hydrogens (tertiary/aromatic N) is 1. The molecule has 0 saturated carbocycles. The highest BCUT2D eigenvalue weighted by molar-refractivity contribution is 9.10. The van der Waals surface area contributed by atoms with Crippen LogP contribution in [0.25, 0.3) is 11.1 Å². The first-order valence-electron chi connectivity index (χ1n) is 6.47. The fourth-order valence-corrected chi connectivity index (χ4v) is 2.63. The number of benzene rings is 2. The number of hydrogen-bond acceptors (Lipinski definition) is 3. The SMILES string of the molecule is CN(c1ccc(Br)cc1)c1c(-c2ccccc2)c(=O)c1=O. The minimum atomic E-state index is -0.431. The molecule has 104 valence electrons. The predicted molar refractivity (Wildman–Crippen MR) is 89.0 cm³/mol. The molecule has 3 rings (SSSR count). The van der Waals surface area contributed by atoms with Crippen LogP contribution in [-0.2, 0) is 0 Å². The lowest BCUT2D eigenvalue weighted by Crippen LogP contribution is -2.38. The van der Waals surface area contributed by atoms with Gasteiger partial charge in [0.1, 0.15) is 5.69 Å². The van der Waals surface area contributed by atoms with Gasteiger partial charge >= 0.3 is 0 Å². The van der Waals surface area contributed by atoms with Gasteiger partial charge < -0.3 is 4.90 Å². The van der Waals surface area contributed by atoms with E-state index in [1.807, 2.05) is 54.6 Å². The van der Waals surface area contributed by atoms with Crippen LogP contribution in [0.5, 0.6) is 0 Å². The second-order valence-electron chi connectivity index (χ2n) is 4.78. The molecule has 3 aromatic carbocycles. The standard InChI is InChI=1S/C17H12BrNO2/c1-19(13-9-7-12(18)8-10-13)15-14(16(20)17(15)21)11-5-3-2-4-6-11/h2-10H,1H3. The average molecular weight is 342 g/mol. The summed E-state index contributed by atoms with van der Waals surface area (Å²) in [6.45, 7) is 0. The van der Waals surface area contributed by atoms with Gasteiger partial charge in [-0.2, -0.15) is 0 Å². The van der Waals surface area contributed by atoms with Crippen molar-refractivity contribution >= 4 is 27.3 Å². The van der Waals surface area contributed by atoms with Crippen molar-refractivity contribution in [3.8, 4) is 11.1 Å². The molecule has 0 spiro atoms. The first-order valence-corrected chi connectivity index (χ1v) is 7.27. The predicted octanol–water partition coefficient (Wildman–Crippen LogP) is 3.48. The van der Waals surface area contributed by atoms with E-state index in [1.54, 1.807) is 11.9 Å². The monoisotopic (exact) mass is 341 g/mol. The minimum absolute atomic E-state index is 0.417. The minimum Gasteiger partial charge on any atom is -0.341 e. The van der Waals surface area contributed by atoms with E-state index in [2.05, 4.69) is 15.9 Å². The van der Waals surface area contributed by atoms with E-state index < -0.39 is 10.9 Å². The van der Waals surface area contributed by atoms with Gasteiger partial charge in [-0.25, -0.2) is 0 Å². The lowest BCUT2D eigenvalue weighted by Gasteiger charge is -2.23. The van der Waals surface area contributed by atoms with Crippen LogP contribution < -0.4 is 15.8 Å². The first-order chi connectivity index (χ1) is 10.1. The largest absolute Gasteiger partial charge is 0.341 e. The molecule has 0 saturated heterocycles. The molecule has 3 nitrogen and oxygen atoms in total. The van der Waals surface area contributed by atoms with E-state index in [1.165, 1.54) is 0 Å². The number of halogens is 1. The van der Waals surface area contributed by atoms with Gasteiger partial charge in [0.05, 0.1) is 5.56 Å². The molecule has 21 heavy (non-hydrogen) atoms. The highest BCUT2D eigenvalue weighted by atomic mass is 79.9. The summed E-state index contributed by atoms with van der Waals surface area (Å²) in [5, 5.41) is 0. The van der Waals surface area contributed by atoms with Crippen LogP contribution in [0.1, 0.15) is 0 Å². The molecule has 3 aromatic rings. The lowest BCUT2D eigenvalue weighted by molar-refractivity contribution is 1.16. The van der Waals surface area contributed by atoms with Crippen molar-refractivity contribution in [3.05, 3.63) is 79.5 Å². The Hall–Kier alpha value is -2.20. The van der Waals surface area contributed by atoms with Gasteiger partial charge in [-0.05, 0) is 29.8 Å². The fourth-order valence-electron chi connectivity index (χ4n) is 2.37. The number of anilines is 2. The Kier molecular flexibility index (Phi) is 3.47. The maximum Gasteiger partial charge on any atom is 0.250 e. The van der Waals surface area contributed by atoms with Gasteiger partial charge in [0, 0.05) is 17.2 Å². The zero-order chi connectivity index (χ0) is 15.0. The van der Waals surface area contributed by atoms with Gasteiger partial charge in [0.15, 0.2) is 0 Å². The highest BCUT2D eigenvalue weighted by Gasteiger charge is 2.25. The maximum atomic E-state index is 12.0. The molecule has 0 radical (unpaired) electrons. The van der Waals surface area contributed by atoms with E-state index in [-0.39, 0.29) is 0 Å². The zero-order valence-electron chi connectivity index (χ0n) is 11.3. The Morgan fingerprint density at radius 3 is 2.10 bits per heavy atom. The number of rotatable bonds is 3. The van der Waals surface area contributed by atoms with Crippen LogP contribution in [0, 0.1) is 0 Å². The topological polar surface area (TPSA) is 37.4 Å². The van der Waals surface area contributed by atoms with Crippen LogP contribution in [0.2, 0.25) is 0 Å². The Morgan fingerprint density at radius 2 is 1.48 bits per heavy atom. The molecule has 0 N–H and O–H groups in total. The molecule has 0 aromatic heterocycles. The van der Waals surface area contributed by atoms with E-state index in [0.29, 0.717) is 11.3 Å². The van der Waals surface area contributed by atoms with E-state index in [9.17, 15) is 9.59 Å². The molecule has 0 aliphatic rings. The zero-order valence-corrected chi connectivity index (χ0v) is 12.9. The van der Waals surface area contributed by atoms with Crippen LogP contribution in [-0.4, -0.2) is 7.05 Å². The first kappa shape index (κ1) is 13.8. The van der Waals surface area contributed by atoms with Crippen LogP contribution in [0.3, 0.4) is 0 Å². The Balaban J connectivity index is 2.08. The molecule has 0 aliphatic heterocycles. The van der Waals surface area contributed by atoms with Crippen molar-refractivity contribution in [3.63, 3.8) is 0 Å². The lowest BCUT2D eigenvalue weighted by atomic mass is 9.97. The molecule has 0 bridgehead atoms. The van der Waals surface area contributed by atoms with Crippen molar-refractivity contribution < 1.29 is 0 Å². The van der Waals surface area contributed by atoms with Crippen LogP contribution >= 0.6 is 15.9 Å².